The Morgan fingerprint density at radius 3 is 3.00 bits per heavy atom. The fourth-order valence-electron chi connectivity index (χ4n) is 3.42. The van der Waals surface area contributed by atoms with Gasteiger partial charge in [0.25, 0.3) is 0 Å². The first-order valence-electron chi connectivity index (χ1n) is 8.65. The topological polar surface area (TPSA) is 52.9 Å². The van der Waals surface area contributed by atoms with Gasteiger partial charge in [-0.05, 0) is 36.8 Å². The molecule has 25 heavy (non-hydrogen) atoms. The molecule has 2 aromatic rings. The SMILES string of the molecule is CCOC1CN(C(=O)Cc2ccc3c(c2)OCO3)Cc2cccn2C1. The maximum absolute atomic E-state index is 12.9. The van der Waals surface area contributed by atoms with Gasteiger partial charge in [-0.15, -0.1) is 0 Å². The van der Waals surface area contributed by atoms with Crippen molar-refractivity contribution in [2.75, 3.05) is 19.9 Å². The van der Waals surface area contributed by atoms with E-state index in [1.807, 2.05) is 42.3 Å². The van der Waals surface area contributed by atoms with Crippen molar-refractivity contribution < 1.29 is 19.0 Å². The molecule has 2 aliphatic rings. The number of fused-ring (bicyclic) bond motifs is 2. The van der Waals surface area contributed by atoms with E-state index < -0.39 is 0 Å². The second-order valence-electron chi connectivity index (χ2n) is 6.37. The molecule has 1 amide bonds. The largest absolute Gasteiger partial charge is 0.454 e. The summed E-state index contributed by atoms with van der Waals surface area (Å²) in [6.45, 7) is 4.88. The van der Waals surface area contributed by atoms with Crippen molar-refractivity contribution in [3.8, 4) is 11.5 Å². The Balaban J connectivity index is 1.50. The van der Waals surface area contributed by atoms with Gasteiger partial charge in [0.2, 0.25) is 12.7 Å². The van der Waals surface area contributed by atoms with Crippen molar-refractivity contribution in [2.24, 2.45) is 0 Å². The number of nitrogens with zero attached hydrogens (tertiary/aromatic N) is 2. The zero-order chi connectivity index (χ0) is 17.2. The van der Waals surface area contributed by atoms with E-state index in [0.717, 1.165) is 23.6 Å². The second kappa shape index (κ2) is 6.80. The van der Waals surface area contributed by atoms with Crippen molar-refractivity contribution in [3.05, 3.63) is 47.8 Å². The molecule has 1 unspecified atom stereocenters. The predicted molar refractivity (Wildman–Crippen MR) is 91.5 cm³/mol. The van der Waals surface area contributed by atoms with Gasteiger partial charge >= 0.3 is 0 Å². The molecule has 6 heteroatoms. The average molecular weight is 342 g/mol. The van der Waals surface area contributed by atoms with Crippen LogP contribution in [0.25, 0.3) is 0 Å². The zero-order valence-corrected chi connectivity index (χ0v) is 14.3. The fraction of sp³-hybridized carbons (Fsp3) is 0.421. The van der Waals surface area contributed by atoms with Gasteiger partial charge in [0, 0.05) is 25.0 Å². The summed E-state index contributed by atoms with van der Waals surface area (Å²) < 4.78 is 18.7. The molecule has 0 bridgehead atoms. The highest BCUT2D eigenvalue weighted by Crippen LogP contribution is 2.32. The summed E-state index contributed by atoms with van der Waals surface area (Å²) >= 11 is 0. The highest BCUT2D eigenvalue weighted by atomic mass is 16.7. The maximum atomic E-state index is 12.9. The fourth-order valence-corrected chi connectivity index (χ4v) is 3.42. The number of hydrogen-bond donors (Lipinski definition) is 0. The number of hydrogen-bond acceptors (Lipinski definition) is 4. The number of carbonyl (C=O) groups excluding carboxylic acids is 1. The van der Waals surface area contributed by atoms with Crippen molar-refractivity contribution in [1.82, 2.24) is 9.47 Å². The van der Waals surface area contributed by atoms with E-state index in [1.54, 1.807) is 0 Å². The Bertz CT molecular complexity index is 771. The Hall–Kier alpha value is -2.47. The first kappa shape index (κ1) is 16.0. The Labute approximate surface area is 146 Å². The standard InChI is InChI=1S/C19H22N2O4/c1-2-23-16-11-20-7-3-4-15(20)10-21(12-16)19(22)9-14-5-6-17-18(8-14)25-13-24-17/h3-8,16H,2,9-13H2,1H3. The van der Waals surface area contributed by atoms with Crippen LogP contribution < -0.4 is 9.47 Å². The van der Waals surface area contributed by atoms with Gasteiger partial charge in [0.15, 0.2) is 11.5 Å². The Kier molecular flexibility index (Phi) is 4.36. The molecular weight excluding hydrogens is 320 g/mol. The van der Waals surface area contributed by atoms with Crippen LogP contribution >= 0.6 is 0 Å². The van der Waals surface area contributed by atoms with E-state index in [4.69, 9.17) is 14.2 Å². The quantitative estimate of drug-likeness (QED) is 0.855. The predicted octanol–water partition coefficient (Wildman–Crippen LogP) is 2.21. The van der Waals surface area contributed by atoms with Crippen LogP contribution in [0.3, 0.4) is 0 Å². The molecule has 6 nitrogen and oxygen atoms in total. The van der Waals surface area contributed by atoms with E-state index >= 15 is 0 Å². The van der Waals surface area contributed by atoms with Crippen molar-refractivity contribution in [1.29, 1.82) is 0 Å². The summed E-state index contributed by atoms with van der Waals surface area (Å²) in [5.74, 6) is 1.54. The molecule has 0 spiro atoms. The van der Waals surface area contributed by atoms with Crippen LogP contribution in [0.5, 0.6) is 11.5 Å². The molecule has 0 aliphatic carbocycles. The summed E-state index contributed by atoms with van der Waals surface area (Å²) in [5, 5.41) is 0. The van der Waals surface area contributed by atoms with E-state index in [9.17, 15) is 4.79 Å². The molecule has 132 valence electrons. The summed E-state index contributed by atoms with van der Waals surface area (Å²) in [6.07, 6.45) is 2.41. The number of amides is 1. The van der Waals surface area contributed by atoms with Crippen molar-refractivity contribution >= 4 is 5.91 Å². The average Bonchev–Trinajstić information content (AvgIpc) is 3.20. The van der Waals surface area contributed by atoms with Crippen molar-refractivity contribution in [2.45, 2.75) is 32.5 Å². The van der Waals surface area contributed by atoms with Crippen LogP contribution in [0, 0.1) is 0 Å². The molecule has 1 aromatic heterocycles. The van der Waals surface area contributed by atoms with Crippen LogP contribution in [0.1, 0.15) is 18.2 Å². The Morgan fingerprint density at radius 2 is 2.12 bits per heavy atom. The lowest BCUT2D eigenvalue weighted by atomic mass is 10.1. The van der Waals surface area contributed by atoms with Crippen LogP contribution in [0.15, 0.2) is 36.5 Å². The van der Waals surface area contributed by atoms with Gasteiger partial charge in [0.05, 0.1) is 25.6 Å². The molecule has 3 heterocycles. The molecule has 0 radical (unpaired) electrons. The van der Waals surface area contributed by atoms with Crippen molar-refractivity contribution in [3.63, 3.8) is 0 Å². The molecule has 1 atom stereocenters. The van der Waals surface area contributed by atoms with Gasteiger partial charge in [-0.1, -0.05) is 6.07 Å². The first-order chi connectivity index (χ1) is 12.2. The molecule has 1 aromatic carbocycles. The Morgan fingerprint density at radius 1 is 1.24 bits per heavy atom. The molecule has 2 aliphatic heterocycles. The summed E-state index contributed by atoms with van der Waals surface area (Å²) in [7, 11) is 0. The first-order valence-corrected chi connectivity index (χ1v) is 8.65. The minimum atomic E-state index is 0.0133. The van der Waals surface area contributed by atoms with Gasteiger partial charge in [-0.25, -0.2) is 0 Å². The van der Waals surface area contributed by atoms with E-state index in [0.29, 0.717) is 31.9 Å². The van der Waals surface area contributed by atoms with E-state index in [-0.39, 0.29) is 18.8 Å². The number of carbonyl (C=O) groups is 1. The van der Waals surface area contributed by atoms with Gasteiger partial charge in [-0.2, -0.15) is 0 Å². The lowest BCUT2D eigenvalue weighted by Crippen LogP contribution is -2.38. The molecule has 0 N–H and O–H groups in total. The van der Waals surface area contributed by atoms with Crippen LogP contribution in [-0.2, 0) is 29.0 Å². The molecular formula is C19H22N2O4. The second-order valence-corrected chi connectivity index (χ2v) is 6.37. The molecule has 0 saturated carbocycles. The monoisotopic (exact) mass is 342 g/mol. The molecule has 0 saturated heterocycles. The van der Waals surface area contributed by atoms with Gasteiger partial charge in [-0.3, -0.25) is 4.79 Å². The maximum Gasteiger partial charge on any atom is 0.231 e. The summed E-state index contributed by atoms with van der Waals surface area (Å²) in [4.78, 5) is 14.8. The van der Waals surface area contributed by atoms with Gasteiger partial charge in [0.1, 0.15) is 0 Å². The smallest absolute Gasteiger partial charge is 0.231 e. The van der Waals surface area contributed by atoms with Crippen LogP contribution in [0.2, 0.25) is 0 Å². The lowest BCUT2D eigenvalue weighted by molar-refractivity contribution is -0.133. The van der Waals surface area contributed by atoms with Crippen LogP contribution in [0.4, 0.5) is 0 Å². The normalized spacial score (nSPS) is 18.8. The molecule has 4 rings (SSSR count). The van der Waals surface area contributed by atoms with Crippen LogP contribution in [-0.4, -0.2) is 41.4 Å². The van der Waals surface area contributed by atoms with E-state index in [2.05, 4.69) is 10.6 Å². The zero-order valence-electron chi connectivity index (χ0n) is 14.3. The third-order valence-corrected chi connectivity index (χ3v) is 4.65. The number of aromatic nitrogens is 1. The number of benzene rings is 1. The minimum absolute atomic E-state index is 0.0133. The summed E-state index contributed by atoms with van der Waals surface area (Å²) in [6, 6.07) is 9.76. The highest BCUT2D eigenvalue weighted by molar-refractivity contribution is 5.79. The minimum Gasteiger partial charge on any atom is -0.454 e. The number of rotatable bonds is 4. The highest BCUT2D eigenvalue weighted by Gasteiger charge is 2.25. The summed E-state index contributed by atoms with van der Waals surface area (Å²) in [5.41, 5.74) is 2.07. The molecule has 0 fully saturated rings. The van der Waals surface area contributed by atoms with Gasteiger partial charge < -0.3 is 23.7 Å². The third-order valence-electron chi connectivity index (χ3n) is 4.65. The number of ether oxygens (including phenoxy) is 3. The lowest BCUT2D eigenvalue weighted by Gasteiger charge is -2.24. The third kappa shape index (κ3) is 3.35. The van der Waals surface area contributed by atoms with E-state index in [1.165, 1.54) is 0 Å².